The summed E-state index contributed by atoms with van der Waals surface area (Å²) < 4.78 is 10.5. The van der Waals surface area contributed by atoms with Gasteiger partial charge in [0.15, 0.2) is 0 Å². The van der Waals surface area contributed by atoms with Gasteiger partial charge >= 0.3 is 5.97 Å². The van der Waals surface area contributed by atoms with E-state index >= 15 is 0 Å². The number of halogens is 1. The summed E-state index contributed by atoms with van der Waals surface area (Å²) in [5, 5.41) is 3.78. The van der Waals surface area contributed by atoms with Crippen LogP contribution in [0, 0.1) is 5.41 Å². The highest BCUT2D eigenvalue weighted by atomic mass is 35.5. The van der Waals surface area contributed by atoms with Crippen LogP contribution in [0.25, 0.3) is 0 Å². The Hall–Kier alpha value is -1.26. The van der Waals surface area contributed by atoms with Gasteiger partial charge in [0.05, 0.1) is 17.5 Å². The standard InChI is InChI=1S/C15H22ClNO3/c1-5-17-9-11-7-6-8-12(16)13(11)20-10-15(2,3)14(18)19-4/h6-8,17H,5,9-10H2,1-4H3. The molecule has 112 valence electrons. The lowest BCUT2D eigenvalue weighted by atomic mass is 9.95. The highest BCUT2D eigenvalue weighted by Crippen LogP contribution is 2.30. The normalized spacial score (nSPS) is 11.2. The van der Waals surface area contributed by atoms with Crippen molar-refractivity contribution in [1.29, 1.82) is 0 Å². The van der Waals surface area contributed by atoms with Crippen LogP contribution in [-0.2, 0) is 16.1 Å². The quantitative estimate of drug-likeness (QED) is 0.786. The van der Waals surface area contributed by atoms with Gasteiger partial charge in [-0.3, -0.25) is 4.79 Å². The molecule has 0 fully saturated rings. The number of hydrogen-bond donors (Lipinski definition) is 1. The molecule has 0 aliphatic heterocycles. The zero-order valence-electron chi connectivity index (χ0n) is 12.5. The number of nitrogens with one attached hydrogen (secondary N) is 1. The molecule has 0 radical (unpaired) electrons. The van der Waals surface area contributed by atoms with Crippen molar-refractivity contribution in [3.8, 4) is 5.75 Å². The average molecular weight is 300 g/mol. The van der Waals surface area contributed by atoms with Crippen LogP contribution in [0.5, 0.6) is 5.75 Å². The monoisotopic (exact) mass is 299 g/mol. The van der Waals surface area contributed by atoms with Gasteiger partial charge in [-0.05, 0) is 26.5 Å². The molecule has 20 heavy (non-hydrogen) atoms. The van der Waals surface area contributed by atoms with Gasteiger partial charge < -0.3 is 14.8 Å². The van der Waals surface area contributed by atoms with Crippen LogP contribution < -0.4 is 10.1 Å². The number of rotatable bonds is 7. The third-order valence-corrected chi connectivity index (χ3v) is 3.23. The van der Waals surface area contributed by atoms with E-state index in [9.17, 15) is 4.79 Å². The van der Waals surface area contributed by atoms with Crippen molar-refractivity contribution in [2.75, 3.05) is 20.3 Å². The summed E-state index contributed by atoms with van der Waals surface area (Å²) in [6.07, 6.45) is 0. The molecule has 1 aromatic carbocycles. The largest absolute Gasteiger partial charge is 0.491 e. The molecule has 0 spiro atoms. The third kappa shape index (κ3) is 4.39. The first-order valence-electron chi connectivity index (χ1n) is 6.61. The van der Waals surface area contributed by atoms with Crippen molar-refractivity contribution < 1.29 is 14.3 Å². The number of carbonyl (C=O) groups is 1. The molecule has 5 heteroatoms. The summed E-state index contributed by atoms with van der Waals surface area (Å²) >= 11 is 6.18. The average Bonchev–Trinajstić information content (AvgIpc) is 2.43. The fraction of sp³-hybridized carbons (Fsp3) is 0.533. The third-order valence-electron chi connectivity index (χ3n) is 2.93. The van der Waals surface area contributed by atoms with E-state index < -0.39 is 5.41 Å². The molecule has 0 bridgehead atoms. The minimum atomic E-state index is -0.719. The maximum atomic E-state index is 11.6. The predicted octanol–water partition coefficient (Wildman–Crippen LogP) is 3.03. The van der Waals surface area contributed by atoms with E-state index in [4.69, 9.17) is 21.1 Å². The number of para-hydroxylation sites is 1. The Kier molecular flexibility index (Phi) is 6.30. The van der Waals surface area contributed by atoms with E-state index in [1.807, 2.05) is 19.1 Å². The number of benzene rings is 1. The Bertz CT molecular complexity index is 460. The minimum Gasteiger partial charge on any atom is -0.491 e. The Morgan fingerprint density at radius 1 is 1.40 bits per heavy atom. The molecule has 0 saturated heterocycles. The van der Waals surface area contributed by atoms with Gasteiger partial charge in [0, 0.05) is 12.1 Å². The Morgan fingerprint density at radius 2 is 2.10 bits per heavy atom. The fourth-order valence-electron chi connectivity index (χ4n) is 1.70. The maximum absolute atomic E-state index is 11.6. The van der Waals surface area contributed by atoms with Gasteiger partial charge in [0.1, 0.15) is 12.4 Å². The lowest BCUT2D eigenvalue weighted by molar-refractivity contribution is -0.152. The van der Waals surface area contributed by atoms with E-state index in [2.05, 4.69) is 5.32 Å². The summed E-state index contributed by atoms with van der Waals surface area (Å²) in [6.45, 7) is 7.33. The Balaban J connectivity index is 2.83. The lowest BCUT2D eigenvalue weighted by Gasteiger charge is -2.23. The SMILES string of the molecule is CCNCc1cccc(Cl)c1OCC(C)(C)C(=O)OC. The Labute approximate surface area is 125 Å². The molecule has 0 atom stereocenters. The van der Waals surface area contributed by atoms with Gasteiger partial charge in [0.25, 0.3) is 0 Å². The molecule has 1 aromatic rings. The molecule has 0 aromatic heterocycles. The van der Waals surface area contributed by atoms with Crippen LogP contribution in [0.2, 0.25) is 5.02 Å². The summed E-state index contributed by atoms with van der Waals surface area (Å²) in [4.78, 5) is 11.6. The molecule has 0 aliphatic carbocycles. The second kappa shape index (κ2) is 7.50. The van der Waals surface area contributed by atoms with Crippen LogP contribution in [0.3, 0.4) is 0 Å². The first-order valence-corrected chi connectivity index (χ1v) is 6.99. The van der Waals surface area contributed by atoms with Crippen molar-refractivity contribution in [1.82, 2.24) is 5.32 Å². The summed E-state index contributed by atoms with van der Waals surface area (Å²) in [6, 6.07) is 5.61. The van der Waals surface area contributed by atoms with Crippen LogP contribution in [0.4, 0.5) is 0 Å². The van der Waals surface area contributed by atoms with Crippen molar-refractivity contribution >= 4 is 17.6 Å². The molecule has 4 nitrogen and oxygen atoms in total. The topological polar surface area (TPSA) is 47.6 Å². The van der Waals surface area contributed by atoms with Crippen molar-refractivity contribution in [3.05, 3.63) is 28.8 Å². The molecule has 0 heterocycles. The molecule has 0 amide bonds. The van der Waals surface area contributed by atoms with Gasteiger partial charge in [-0.2, -0.15) is 0 Å². The number of carbonyl (C=O) groups excluding carboxylic acids is 1. The van der Waals surface area contributed by atoms with Crippen molar-refractivity contribution in [3.63, 3.8) is 0 Å². The molecular weight excluding hydrogens is 278 g/mol. The van der Waals surface area contributed by atoms with Crippen molar-refractivity contribution in [2.45, 2.75) is 27.3 Å². The number of methoxy groups -OCH3 is 1. The van der Waals surface area contributed by atoms with Gasteiger partial charge in [-0.15, -0.1) is 0 Å². The molecule has 0 aliphatic rings. The van der Waals surface area contributed by atoms with Crippen LogP contribution in [0.1, 0.15) is 26.3 Å². The van der Waals surface area contributed by atoms with E-state index in [0.717, 1.165) is 12.1 Å². The van der Waals surface area contributed by atoms with E-state index in [-0.39, 0.29) is 12.6 Å². The summed E-state index contributed by atoms with van der Waals surface area (Å²) in [5.41, 5.74) is 0.253. The van der Waals surface area contributed by atoms with E-state index in [1.54, 1.807) is 19.9 Å². The van der Waals surface area contributed by atoms with E-state index in [1.165, 1.54) is 7.11 Å². The molecule has 0 saturated carbocycles. The second-order valence-electron chi connectivity index (χ2n) is 5.17. The summed E-state index contributed by atoms with van der Waals surface area (Å²) in [7, 11) is 1.37. The van der Waals surface area contributed by atoms with Crippen LogP contribution >= 0.6 is 11.6 Å². The highest BCUT2D eigenvalue weighted by molar-refractivity contribution is 6.32. The predicted molar refractivity (Wildman–Crippen MR) is 80.1 cm³/mol. The molecule has 0 unspecified atom stereocenters. The second-order valence-corrected chi connectivity index (χ2v) is 5.58. The van der Waals surface area contributed by atoms with E-state index in [0.29, 0.717) is 17.3 Å². The van der Waals surface area contributed by atoms with Crippen molar-refractivity contribution in [2.24, 2.45) is 5.41 Å². The minimum absolute atomic E-state index is 0.211. The lowest BCUT2D eigenvalue weighted by Crippen LogP contribution is -2.32. The molecule has 1 rings (SSSR count). The smallest absolute Gasteiger partial charge is 0.314 e. The first-order chi connectivity index (χ1) is 9.42. The Morgan fingerprint density at radius 3 is 2.70 bits per heavy atom. The van der Waals surface area contributed by atoms with Gasteiger partial charge in [-0.1, -0.05) is 30.7 Å². The van der Waals surface area contributed by atoms with Gasteiger partial charge in [0.2, 0.25) is 0 Å². The fourth-order valence-corrected chi connectivity index (χ4v) is 1.95. The molecule has 1 N–H and O–H groups in total. The maximum Gasteiger partial charge on any atom is 0.314 e. The highest BCUT2D eigenvalue weighted by Gasteiger charge is 2.30. The zero-order valence-corrected chi connectivity index (χ0v) is 13.2. The van der Waals surface area contributed by atoms with Crippen LogP contribution in [-0.4, -0.2) is 26.2 Å². The molecular formula is C15H22ClNO3. The number of ether oxygens (including phenoxy) is 2. The zero-order chi connectivity index (χ0) is 15.2. The summed E-state index contributed by atoms with van der Waals surface area (Å²) in [5.74, 6) is 0.310. The van der Waals surface area contributed by atoms with Crippen LogP contribution in [0.15, 0.2) is 18.2 Å². The number of hydrogen-bond acceptors (Lipinski definition) is 4. The van der Waals surface area contributed by atoms with Gasteiger partial charge in [-0.25, -0.2) is 0 Å². The number of esters is 1. The first kappa shape index (κ1) is 16.8.